The van der Waals surface area contributed by atoms with E-state index in [1.807, 2.05) is 0 Å². The Balaban J connectivity index is 2.92. The van der Waals surface area contributed by atoms with Crippen molar-refractivity contribution in [2.75, 3.05) is 38.3 Å². The molecule has 1 aliphatic rings. The van der Waals surface area contributed by atoms with E-state index in [9.17, 15) is 0 Å². The smallest absolute Gasteiger partial charge is 0.0174 e. The first-order valence-corrected chi connectivity index (χ1v) is 11.2. The van der Waals surface area contributed by atoms with Crippen LogP contribution < -0.4 is 0 Å². The van der Waals surface area contributed by atoms with E-state index in [4.69, 9.17) is 0 Å². The molecule has 0 aliphatic carbocycles. The molecule has 1 aliphatic heterocycles. The SMILES string of the molecule is CC1CCC(C)N1S(C)(C)N(C)S(C)(C)C. The standard InChI is InChI=1S/C12H30N2S2/c1-11-9-10-12(2)14(11)16(7,8)13(3)15(4,5)6/h11-12H,9-10H2,1-8H3. The van der Waals surface area contributed by atoms with Crippen LogP contribution in [0.2, 0.25) is 0 Å². The van der Waals surface area contributed by atoms with E-state index in [2.05, 4.69) is 60.2 Å². The summed E-state index contributed by atoms with van der Waals surface area (Å²) in [5.74, 6) is 0. The maximum Gasteiger partial charge on any atom is 0.0174 e. The molecule has 0 radical (unpaired) electrons. The third-order valence-corrected chi connectivity index (χ3v) is 10.8. The van der Waals surface area contributed by atoms with E-state index >= 15 is 0 Å². The molecule has 0 aromatic heterocycles. The molecule has 4 heteroatoms. The second-order valence-corrected chi connectivity index (χ2v) is 13.8. The van der Waals surface area contributed by atoms with Gasteiger partial charge < -0.3 is 0 Å². The Hall–Kier alpha value is 0.620. The van der Waals surface area contributed by atoms with Gasteiger partial charge in [-0.05, 0) is 58.0 Å². The molecule has 0 aromatic rings. The number of hydrogen-bond acceptors (Lipinski definition) is 2. The lowest BCUT2D eigenvalue weighted by molar-refractivity contribution is 0.375. The molecule has 1 heterocycles. The molecule has 0 aromatic carbocycles. The van der Waals surface area contributed by atoms with Crippen molar-refractivity contribution < 1.29 is 0 Å². The van der Waals surface area contributed by atoms with Crippen LogP contribution in [0.25, 0.3) is 0 Å². The predicted molar refractivity (Wildman–Crippen MR) is 82.6 cm³/mol. The van der Waals surface area contributed by atoms with E-state index < -0.39 is 20.6 Å². The highest BCUT2D eigenvalue weighted by Gasteiger charge is 2.39. The van der Waals surface area contributed by atoms with Crippen molar-refractivity contribution >= 4 is 20.6 Å². The summed E-state index contributed by atoms with van der Waals surface area (Å²) in [4.78, 5) is 0. The summed E-state index contributed by atoms with van der Waals surface area (Å²) >= 11 is 0. The van der Waals surface area contributed by atoms with Gasteiger partial charge in [-0.15, -0.1) is 10.4 Å². The highest BCUT2D eigenvalue weighted by Crippen LogP contribution is 2.62. The molecule has 2 nitrogen and oxygen atoms in total. The lowest BCUT2D eigenvalue weighted by Crippen LogP contribution is -2.42. The molecule has 16 heavy (non-hydrogen) atoms. The second kappa shape index (κ2) is 4.71. The monoisotopic (exact) mass is 266 g/mol. The second-order valence-electron chi connectivity index (χ2n) is 6.07. The molecule has 2 atom stereocenters. The van der Waals surface area contributed by atoms with Gasteiger partial charge in [0.1, 0.15) is 0 Å². The molecule has 2 unspecified atom stereocenters. The fraction of sp³-hybridized carbons (Fsp3) is 1.00. The number of nitrogens with zero attached hydrogens (tertiary/aromatic N) is 2. The average molecular weight is 267 g/mol. The van der Waals surface area contributed by atoms with Crippen LogP contribution in [0.1, 0.15) is 26.7 Å². The predicted octanol–water partition coefficient (Wildman–Crippen LogP) is 3.29. The molecule has 1 fully saturated rings. The van der Waals surface area contributed by atoms with Crippen LogP contribution >= 0.6 is 20.6 Å². The van der Waals surface area contributed by atoms with Crippen LogP contribution in [-0.2, 0) is 0 Å². The summed E-state index contributed by atoms with van der Waals surface area (Å²) in [6.07, 6.45) is 14.8. The van der Waals surface area contributed by atoms with Gasteiger partial charge >= 0.3 is 0 Å². The normalized spacial score (nSPS) is 31.1. The Morgan fingerprint density at radius 3 is 1.62 bits per heavy atom. The summed E-state index contributed by atoms with van der Waals surface area (Å²) < 4.78 is 5.45. The van der Waals surface area contributed by atoms with Crippen molar-refractivity contribution in [1.82, 2.24) is 8.02 Å². The van der Waals surface area contributed by atoms with Crippen LogP contribution in [0.3, 0.4) is 0 Å². The molecule has 0 amide bonds. The zero-order valence-corrected chi connectivity index (χ0v) is 13.9. The average Bonchev–Trinajstić information content (AvgIpc) is 2.43. The molecule has 0 N–H and O–H groups in total. The van der Waals surface area contributed by atoms with Crippen molar-refractivity contribution in [3.8, 4) is 0 Å². The van der Waals surface area contributed by atoms with Crippen LogP contribution in [0.15, 0.2) is 0 Å². The Labute approximate surface area is 106 Å². The van der Waals surface area contributed by atoms with E-state index in [0.29, 0.717) is 0 Å². The summed E-state index contributed by atoms with van der Waals surface area (Å²) in [6.45, 7) is 4.79. The van der Waals surface area contributed by atoms with Gasteiger partial charge in [0.15, 0.2) is 0 Å². The van der Waals surface area contributed by atoms with Crippen molar-refractivity contribution in [3.63, 3.8) is 0 Å². The number of hydrogen-bond donors (Lipinski definition) is 0. The van der Waals surface area contributed by atoms with Crippen molar-refractivity contribution in [1.29, 1.82) is 0 Å². The van der Waals surface area contributed by atoms with Crippen LogP contribution in [-0.4, -0.2) is 58.4 Å². The molecule has 0 bridgehead atoms. The highest BCUT2D eigenvalue weighted by atomic mass is 32.3. The van der Waals surface area contributed by atoms with Crippen molar-refractivity contribution in [3.05, 3.63) is 0 Å². The molecular formula is C12H30N2S2. The van der Waals surface area contributed by atoms with Gasteiger partial charge in [-0.1, -0.05) is 0 Å². The Bertz CT molecular complexity index is 238. The van der Waals surface area contributed by atoms with Gasteiger partial charge in [-0.25, -0.2) is 3.71 Å². The lowest BCUT2D eigenvalue weighted by Gasteiger charge is -2.57. The summed E-state index contributed by atoms with van der Waals surface area (Å²) in [6, 6.07) is 1.51. The van der Waals surface area contributed by atoms with E-state index in [-0.39, 0.29) is 0 Å². The largest absolute Gasteiger partial charge is 0.250 e. The minimum atomic E-state index is -0.791. The fourth-order valence-electron chi connectivity index (χ4n) is 2.73. The minimum Gasteiger partial charge on any atom is -0.250 e. The van der Waals surface area contributed by atoms with E-state index in [0.717, 1.165) is 12.1 Å². The maximum atomic E-state index is 2.78. The van der Waals surface area contributed by atoms with Gasteiger partial charge in [-0.2, -0.15) is 10.2 Å². The molecule has 0 saturated carbocycles. The topological polar surface area (TPSA) is 6.48 Å². The van der Waals surface area contributed by atoms with Gasteiger partial charge in [-0.3, -0.25) is 4.31 Å². The maximum absolute atomic E-state index is 2.78. The van der Waals surface area contributed by atoms with Crippen molar-refractivity contribution in [2.24, 2.45) is 0 Å². The molecule has 100 valence electrons. The Kier molecular flexibility index (Phi) is 4.32. The van der Waals surface area contributed by atoms with Crippen LogP contribution in [0, 0.1) is 0 Å². The first-order chi connectivity index (χ1) is 7.08. The highest BCUT2D eigenvalue weighted by molar-refractivity contribution is 8.43. The Morgan fingerprint density at radius 2 is 1.31 bits per heavy atom. The van der Waals surface area contributed by atoms with E-state index in [1.165, 1.54) is 12.8 Å². The fourth-order valence-corrected chi connectivity index (χ4v) is 9.58. The Morgan fingerprint density at radius 1 is 0.938 bits per heavy atom. The first-order valence-electron chi connectivity index (χ1n) is 6.02. The summed E-state index contributed by atoms with van der Waals surface area (Å²) in [7, 11) is 0.915. The summed E-state index contributed by atoms with van der Waals surface area (Å²) in [5, 5.41) is 0. The molecule has 0 spiro atoms. The van der Waals surface area contributed by atoms with Gasteiger partial charge in [0.05, 0.1) is 0 Å². The van der Waals surface area contributed by atoms with Gasteiger partial charge in [0.2, 0.25) is 0 Å². The van der Waals surface area contributed by atoms with Crippen molar-refractivity contribution in [2.45, 2.75) is 38.8 Å². The molecule has 1 saturated heterocycles. The van der Waals surface area contributed by atoms with E-state index in [1.54, 1.807) is 0 Å². The zero-order valence-electron chi connectivity index (χ0n) is 12.3. The van der Waals surface area contributed by atoms with Crippen LogP contribution in [0.5, 0.6) is 0 Å². The minimum absolute atomic E-state index is 0.616. The third kappa shape index (κ3) is 2.71. The zero-order chi connectivity index (χ0) is 12.7. The summed E-state index contributed by atoms with van der Waals surface area (Å²) in [5.41, 5.74) is 0. The first kappa shape index (κ1) is 14.7. The van der Waals surface area contributed by atoms with Crippen LogP contribution in [0.4, 0.5) is 0 Å². The molecular weight excluding hydrogens is 236 g/mol. The number of rotatable bonds is 3. The third-order valence-electron chi connectivity index (χ3n) is 3.79. The quantitative estimate of drug-likeness (QED) is 0.773. The lowest BCUT2D eigenvalue weighted by atomic mass is 10.2. The van der Waals surface area contributed by atoms with Gasteiger partial charge in [0, 0.05) is 19.1 Å². The van der Waals surface area contributed by atoms with Gasteiger partial charge in [0.25, 0.3) is 0 Å². The molecule has 1 rings (SSSR count).